The minimum absolute atomic E-state index is 0.0485. The molecule has 2 aromatic carbocycles. The molecule has 39 heavy (non-hydrogen) atoms. The average molecular weight is 549 g/mol. The lowest BCUT2D eigenvalue weighted by molar-refractivity contribution is -0.143. The molecule has 0 aliphatic heterocycles. The van der Waals surface area contributed by atoms with Crippen molar-refractivity contribution in [2.75, 3.05) is 34.5 Å². The molecular weight excluding hydrogens is 512 g/mol. The summed E-state index contributed by atoms with van der Waals surface area (Å²) >= 11 is 0. The maximum Gasteiger partial charge on any atom is 0.306 e. The van der Waals surface area contributed by atoms with Crippen molar-refractivity contribution >= 4 is 23.5 Å². The fraction of sp³-hybridized carbons (Fsp3) is 0.429. The minimum atomic E-state index is -0.479. The second-order valence-electron chi connectivity index (χ2n) is 8.04. The van der Waals surface area contributed by atoms with Gasteiger partial charge in [0, 0.05) is 25.0 Å². The average Bonchev–Trinajstić information content (AvgIpc) is 2.89. The molecule has 2 aromatic rings. The van der Waals surface area contributed by atoms with Gasteiger partial charge in [-0.25, -0.2) is 0 Å². The van der Waals surface area contributed by atoms with E-state index in [1.807, 2.05) is 6.92 Å². The van der Waals surface area contributed by atoms with E-state index in [1.165, 1.54) is 27.4 Å². The lowest BCUT2D eigenvalue weighted by Gasteiger charge is -2.13. The molecule has 11 heteroatoms. The zero-order chi connectivity index (χ0) is 29.5. The van der Waals surface area contributed by atoms with Crippen LogP contribution in [-0.2, 0) is 19.1 Å². The summed E-state index contributed by atoms with van der Waals surface area (Å²) in [6.07, 6.45) is -0.0643. The van der Waals surface area contributed by atoms with Gasteiger partial charge in [0.1, 0.15) is 39.9 Å². The molecule has 0 aromatic heterocycles. The number of aromatic hydroxyl groups is 2. The normalized spacial score (nSPS) is 10.0. The summed E-state index contributed by atoms with van der Waals surface area (Å²) in [6, 6.07) is 5.79. The Morgan fingerprint density at radius 1 is 0.641 bits per heavy atom. The standard InChI is InChI=1S/C15H20O5.C13H16O6/c1-5-20-14(17)7-6-11(16)15-12(18-3)8-10(2)9-13(15)19-4;1-3-19-12(17)5-4-9(15)13-10(16)6-8(14)7-11(13)18-2/h8-9H,5-7H2,1-4H3;6-7,14,16H,3-5H2,1-2H3. The van der Waals surface area contributed by atoms with Gasteiger partial charge in [-0.05, 0) is 38.5 Å². The number of benzene rings is 2. The van der Waals surface area contributed by atoms with Crippen LogP contribution < -0.4 is 14.2 Å². The number of aryl methyl sites for hydroxylation is 1. The number of rotatable bonds is 13. The Labute approximate surface area is 227 Å². The van der Waals surface area contributed by atoms with Crippen molar-refractivity contribution in [3.63, 3.8) is 0 Å². The number of ketones is 2. The third-order valence-electron chi connectivity index (χ3n) is 5.22. The molecular formula is C28H36O11. The molecule has 0 bridgehead atoms. The van der Waals surface area contributed by atoms with E-state index in [1.54, 1.807) is 26.0 Å². The number of phenols is 2. The van der Waals surface area contributed by atoms with Gasteiger partial charge in [-0.2, -0.15) is 0 Å². The first-order chi connectivity index (χ1) is 18.5. The maximum atomic E-state index is 12.3. The number of methoxy groups -OCH3 is 3. The van der Waals surface area contributed by atoms with Crippen molar-refractivity contribution in [2.24, 2.45) is 0 Å². The van der Waals surface area contributed by atoms with Gasteiger partial charge in [-0.3, -0.25) is 19.2 Å². The second-order valence-corrected chi connectivity index (χ2v) is 8.04. The van der Waals surface area contributed by atoms with Crippen LogP contribution in [0.2, 0.25) is 0 Å². The van der Waals surface area contributed by atoms with E-state index in [0.29, 0.717) is 23.7 Å². The maximum absolute atomic E-state index is 12.3. The quantitative estimate of drug-likeness (QED) is 0.274. The molecule has 2 N–H and O–H groups in total. The summed E-state index contributed by atoms with van der Waals surface area (Å²) in [5.74, 6) is -1.15. The third-order valence-corrected chi connectivity index (χ3v) is 5.22. The molecule has 0 atom stereocenters. The topological polar surface area (TPSA) is 155 Å². The molecule has 0 saturated heterocycles. The minimum Gasteiger partial charge on any atom is -0.508 e. The van der Waals surface area contributed by atoms with Crippen LogP contribution in [0.1, 0.15) is 65.8 Å². The summed E-state index contributed by atoms with van der Waals surface area (Å²) in [6.45, 7) is 5.85. The van der Waals surface area contributed by atoms with E-state index in [0.717, 1.165) is 11.6 Å². The van der Waals surface area contributed by atoms with E-state index in [-0.39, 0.29) is 66.9 Å². The highest BCUT2D eigenvalue weighted by Crippen LogP contribution is 2.34. The highest BCUT2D eigenvalue weighted by Gasteiger charge is 2.21. The van der Waals surface area contributed by atoms with Crippen LogP contribution in [0.15, 0.2) is 24.3 Å². The van der Waals surface area contributed by atoms with E-state index >= 15 is 0 Å². The SMILES string of the molecule is CCOC(=O)CCC(=O)c1c(O)cc(O)cc1OC.CCOC(=O)CCC(=O)c1c(OC)cc(C)cc1OC. The molecule has 0 spiro atoms. The molecule has 0 saturated carbocycles. The summed E-state index contributed by atoms with van der Waals surface area (Å²) in [5, 5.41) is 19.0. The number of hydrogen-bond acceptors (Lipinski definition) is 11. The van der Waals surface area contributed by atoms with Crippen LogP contribution in [0.3, 0.4) is 0 Å². The zero-order valence-corrected chi connectivity index (χ0v) is 23.1. The smallest absolute Gasteiger partial charge is 0.306 e. The number of esters is 2. The summed E-state index contributed by atoms with van der Waals surface area (Å²) in [7, 11) is 4.31. The van der Waals surface area contributed by atoms with Gasteiger partial charge in [0.25, 0.3) is 0 Å². The number of hydrogen-bond donors (Lipinski definition) is 2. The predicted octanol–water partition coefficient (Wildman–Crippen LogP) is 4.17. The van der Waals surface area contributed by atoms with Gasteiger partial charge < -0.3 is 33.9 Å². The van der Waals surface area contributed by atoms with Crippen molar-refractivity contribution in [3.8, 4) is 28.7 Å². The molecule has 0 unspecified atom stereocenters. The Balaban J connectivity index is 0.000000391. The van der Waals surface area contributed by atoms with Crippen molar-refractivity contribution in [1.29, 1.82) is 0 Å². The zero-order valence-electron chi connectivity index (χ0n) is 23.1. The third kappa shape index (κ3) is 10.2. The monoisotopic (exact) mass is 548 g/mol. The number of carbonyl (C=O) groups excluding carboxylic acids is 4. The molecule has 0 heterocycles. The lowest BCUT2D eigenvalue weighted by atomic mass is 10.0. The Morgan fingerprint density at radius 3 is 1.46 bits per heavy atom. The van der Waals surface area contributed by atoms with Crippen LogP contribution >= 0.6 is 0 Å². The number of carbonyl (C=O) groups is 4. The van der Waals surface area contributed by atoms with Gasteiger partial charge in [0.05, 0.1) is 47.4 Å². The van der Waals surface area contributed by atoms with Crippen molar-refractivity contribution in [1.82, 2.24) is 0 Å². The first-order valence-corrected chi connectivity index (χ1v) is 12.2. The Morgan fingerprint density at radius 2 is 1.05 bits per heavy atom. The predicted molar refractivity (Wildman–Crippen MR) is 141 cm³/mol. The summed E-state index contributed by atoms with van der Waals surface area (Å²) in [5.41, 5.74) is 1.25. The lowest BCUT2D eigenvalue weighted by Crippen LogP contribution is -2.10. The molecule has 0 aliphatic carbocycles. The number of phenolic OH excluding ortho intramolecular Hbond substituents is 2. The molecule has 0 amide bonds. The van der Waals surface area contributed by atoms with Gasteiger partial charge in [0.2, 0.25) is 0 Å². The Hall–Kier alpha value is -4.28. The summed E-state index contributed by atoms with van der Waals surface area (Å²) < 4.78 is 24.9. The fourth-order valence-corrected chi connectivity index (χ4v) is 3.49. The van der Waals surface area contributed by atoms with E-state index in [2.05, 4.69) is 0 Å². The highest BCUT2D eigenvalue weighted by molar-refractivity contribution is 6.03. The highest BCUT2D eigenvalue weighted by atomic mass is 16.5. The fourth-order valence-electron chi connectivity index (χ4n) is 3.49. The molecule has 11 nitrogen and oxygen atoms in total. The van der Waals surface area contributed by atoms with E-state index < -0.39 is 11.8 Å². The summed E-state index contributed by atoms with van der Waals surface area (Å²) in [4.78, 5) is 46.7. The molecule has 2 rings (SSSR count). The Bertz CT molecular complexity index is 1130. The van der Waals surface area contributed by atoms with Crippen LogP contribution in [0.5, 0.6) is 28.7 Å². The number of Topliss-reactive ketones (excluding diaryl/α,β-unsaturated/α-hetero) is 2. The van der Waals surface area contributed by atoms with Gasteiger partial charge in [-0.1, -0.05) is 0 Å². The second kappa shape index (κ2) is 16.5. The van der Waals surface area contributed by atoms with Gasteiger partial charge in [0.15, 0.2) is 11.6 Å². The van der Waals surface area contributed by atoms with Gasteiger partial charge in [-0.15, -0.1) is 0 Å². The first-order valence-electron chi connectivity index (χ1n) is 12.2. The van der Waals surface area contributed by atoms with Crippen molar-refractivity contribution in [3.05, 3.63) is 41.0 Å². The van der Waals surface area contributed by atoms with Crippen molar-refractivity contribution < 1.29 is 53.1 Å². The van der Waals surface area contributed by atoms with Crippen molar-refractivity contribution in [2.45, 2.75) is 46.5 Å². The molecule has 0 aliphatic rings. The molecule has 0 radical (unpaired) electrons. The van der Waals surface area contributed by atoms with Gasteiger partial charge >= 0.3 is 11.9 Å². The van der Waals surface area contributed by atoms with E-state index in [4.69, 9.17) is 23.7 Å². The van der Waals surface area contributed by atoms with Crippen LogP contribution in [0.25, 0.3) is 0 Å². The van der Waals surface area contributed by atoms with Crippen LogP contribution in [0.4, 0.5) is 0 Å². The molecule has 0 fully saturated rings. The Kier molecular flexibility index (Phi) is 13.9. The largest absolute Gasteiger partial charge is 0.508 e. The first kappa shape index (κ1) is 32.7. The number of ether oxygens (including phenoxy) is 5. The van der Waals surface area contributed by atoms with Crippen LogP contribution in [0, 0.1) is 6.92 Å². The van der Waals surface area contributed by atoms with E-state index in [9.17, 15) is 29.4 Å². The molecule has 214 valence electrons. The van der Waals surface area contributed by atoms with Crippen LogP contribution in [-0.4, -0.2) is 68.3 Å².